The van der Waals surface area contributed by atoms with E-state index in [4.69, 9.17) is 0 Å². The highest BCUT2D eigenvalue weighted by Gasteiger charge is 2.26. The predicted octanol–water partition coefficient (Wildman–Crippen LogP) is 4.60. The van der Waals surface area contributed by atoms with Gasteiger partial charge in [0, 0.05) is 43.6 Å². The van der Waals surface area contributed by atoms with Crippen molar-refractivity contribution >= 4 is 44.4 Å². The lowest BCUT2D eigenvalue weighted by molar-refractivity contribution is -0.116. The van der Waals surface area contributed by atoms with E-state index in [1.54, 1.807) is 34.3 Å². The number of amides is 1. The Morgan fingerprint density at radius 1 is 1.18 bits per heavy atom. The van der Waals surface area contributed by atoms with Crippen LogP contribution in [0, 0.1) is 0 Å². The summed E-state index contributed by atoms with van der Waals surface area (Å²) in [6.07, 6.45) is 5.42. The topological polar surface area (TPSA) is 84.3 Å². The number of sulfonamides is 1. The van der Waals surface area contributed by atoms with Crippen LogP contribution >= 0.6 is 11.8 Å². The van der Waals surface area contributed by atoms with Gasteiger partial charge in [-0.05, 0) is 43.2 Å². The van der Waals surface area contributed by atoms with Crippen molar-refractivity contribution in [2.75, 3.05) is 24.2 Å². The number of imidazole rings is 1. The van der Waals surface area contributed by atoms with Gasteiger partial charge < -0.3 is 9.88 Å². The van der Waals surface area contributed by atoms with Crippen LogP contribution in [0.3, 0.4) is 0 Å². The predicted molar refractivity (Wildman–Crippen MR) is 138 cm³/mol. The number of hydrogen-bond acceptors (Lipinski definition) is 5. The molecular weight excluding hydrogens is 468 g/mol. The van der Waals surface area contributed by atoms with Crippen molar-refractivity contribution in [1.29, 1.82) is 0 Å². The molecule has 0 radical (unpaired) electrons. The van der Waals surface area contributed by atoms with Crippen LogP contribution in [-0.4, -0.2) is 47.0 Å². The van der Waals surface area contributed by atoms with E-state index in [0.29, 0.717) is 25.0 Å². The molecule has 1 fully saturated rings. The van der Waals surface area contributed by atoms with Crippen molar-refractivity contribution in [3.8, 4) is 0 Å². The molecule has 1 N–H and O–H groups in total. The first-order valence-electron chi connectivity index (χ1n) is 11.5. The van der Waals surface area contributed by atoms with Crippen molar-refractivity contribution < 1.29 is 13.2 Å². The van der Waals surface area contributed by atoms with Crippen LogP contribution in [0.2, 0.25) is 0 Å². The highest BCUT2D eigenvalue weighted by atomic mass is 32.2. The molecule has 1 aromatic heterocycles. The molecule has 0 bridgehead atoms. The zero-order chi connectivity index (χ0) is 24.1. The van der Waals surface area contributed by atoms with E-state index in [-0.39, 0.29) is 17.2 Å². The number of aromatic nitrogens is 2. The average molecular weight is 499 g/mol. The summed E-state index contributed by atoms with van der Waals surface area (Å²) in [6, 6.07) is 12.8. The van der Waals surface area contributed by atoms with Crippen LogP contribution in [0.5, 0.6) is 0 Å². The minimum atomic E-state index is -3.52. The Balaban J connectivity index is 1.46. The lowest BCUT2D eigenvalue weighted by Crippen LogP contribution is -2.35. The maximum Gasteiger partial charge on any atom is 0.243 e. The molecule has 1 aliphatic heterocycles. The minimum Gasteiger partial charge on any atom is -0.331 e. The van der Waals surface area contributed by atoms with E-state index in [2.05, 4.69) is 16.9 Å². The molecule has 3 aromatic rings. The number of rotatable bonds is 9. The van der Waals surface area contributed by atoms with Crippen molar-refractivity contribution in [2.24, 2.45) is 7.05 Å². The van der Waals surface area contributed by atoms with E-state index in [1.807, 2.05) is 42.0 Å². The summed E-state index contributed by atoms with van der Waals surface area (Å²) in [6.45, 7) is 4.88. The van der Waals surface area contributed by atoms with Gasteiger partial charge in [0.15, 0.2) is 0 Å². The van der Waals surface area contributed by atoms with Gasteiger partial charge in [0.25, 0.3) is 0 Å². The molecule has 0 atom stereocenters. The van der Waals surface area contributed by atoms with Gasteiger partial charge in [-0.2, -0.15) is 4.31 Å². The fraction of sp³-hybridized carbons (Fsp3) is 0.360. The van der Waals surface area contributed by atoms with Crippen LogP contribution in [0.25, 0.3) is 11.0 Å². The average Bonchev–Trinajstić information content (AvgIpc) is 3.17. The normalized spacial score (nSPS) is 14.9. The second kappa shape index (κ2) is 10.8. The third-order valence-corrected chi connectivity index (χ3v) is 8.96. The first-order valence-corrected chi connectivity index (χ1v) is 13.9. The third kappa shape index (κ3) is 5.37. The van der Waals surface area contributed by atoms with Crippen LogP contribution < -0.4 is 5.32 Å². The molecule has 2 aromatic carbocycles. The quantitative estimate of drug-likeness (QED) is 0.344. The number of benzene rings is 2. The van der Waals surface area contributed by atoms with E-state index >= 15 is 0 Å². The van der Waals surface area contributed by atoms with Crippen molar-refractivity contribution in [3.05, 3.63) is 60.9 Å². The second-order valence-electron chi connectivity index (χ2n) is 8.35. The third-order valence-electron chi connectivity index (χ3n) is 5.99. The number of para-hydroxylation sites is 1. The van der Waals surface area contributed by atoms with Gasteiger partial charge in [0.1, 0.15) is 5.82 Å². The first kappa shape index (κ1) is 24.5. The van der Waals surface area contributed by atoms with Gasteiger partial charge in [-0.1, -0.05) is 24.6 Å². The summed E-state index contributed by atoms with van der Waals surface area (Å²) in [5, 5.41) is 2.99. The van der Waals surface area contributed by atoms with Gasteiger partial charge in [-0.25, -0.2) is 13.4 Å². The molecule has 34 heavy (non-hydrogen) atoms. The molecule has 7 nitrogen and oxygen atoms in total. The number of hydrogen-bond donors (Lipinski definition) is 1. The largest absolute Gasteiger partial charge is 0.331 e. The summed E-state index contributed by atoms with van der Waals surface area (Å²) in [5.41, 5.74) is 2.26. The molecule has 1 amide bonds. The molecule has 1 aliphatic rings. The number of thioether (sulfide) groups is 1. The van der Waals surface area contributed by atoms with Gasteiger partial charge in [0.05, 0.1) is 21.6 Å². The maximum absolute atomic E-state index is 13.0. The molecule has 0 unspecified atom stereocenters. The Kier molecular flexibility index (Phi) is 7.75. The van der Waals surface area contributed by atoms with Crippen LogP contribution in [0.1, 0.15) is 31.5 Å². The number of aryl methyl sites for hydroxylation is 2. The summed E-state index contributed by atoms with van der Waals surface area (Å²) >= 11 is 1.62. The zero-order valence-electron chi connectivity index (χ0n) is 19.4. The minimum absolute atomic E-state index is 0.0907. The second-order valence-corrected chi connectivity index (χ2v) is 11.3. The molecule has 4 rings (SSSR count). The molecule has 9 heteroatoms. The fourth-order valence-electron chi connectivity index (χ4n) is 4.15. The summed E-state index contributed by atoms with van der Waals surface area (Å²) in [7, 11) is -1.63. The molecular formula is C25H30N4O3S2. The van der Waals surface area contributed by atoms with E-state index in [1.165, 1.54) is 0 Å². The Hall–Kier alpha value is -2.62. The molecule has 0 aliphatic carbocycles. The van der Waals surface area contributed by atoms with Gasteiger partial charge in [-0.15, -0.1) is 18.3 Å². The molecule has 0 saturated carbocycles. The van der Waals surface area contributed by atoms with E-state index in [0.717, 1.165) is 46.9 Å². The fourth-order valence-corrected chi connectivity index (χ4v) is 6.43. The van der Waals surface area contributed by atoms with Crippen molar-refractivity contribution in [3.63, 3.8) is 0 Å². The van der Waals surface area contributed by atoms with Crippen LogP contribution in [0.4, 0.5) is 5.69 Å². The smallest absolute Gasteiger partial charge is 0.243 e. The lowest BCUT2D eigenvalue weighted by atomic mass is 10.2. The number of piperidine rings is 1. The van der Waals surface area contributed by atoms with Gasteiger partial charge in [-0.3, -0.25) is 4.79 Å². The van der Waals surface area contributed by atoms with E-state index in [9.17, 15) is 13.2 Å². The Bertz CT molecular complexity index is 1290. The van der Waals surface area contributed by atoms with Crippen LogP contribution in [0.15, 0.2) is 64.9 Å². The number of fused-ring (bicyclic) bond motifs is 1. The van der Waals surface area contributed by atoms with Crippen molar-refractivity contribution in [2.45, 2.75) is 41.9 Å². The monoisotopic (exact) mass is 498 g/mol. The number of carbonyl (C=O) groups is 1. The number of anilines is 1. The summed E-state index contributed by atoms with van der Waals surface area (Å²) in [5.74, 6) is 1.42. The number of nitrogens with zero attached hydrogens (tertiary/aromatic N) is 3. The lowest BCUT2D eigenvalue weighted by Gasteiger charge is -2.25. The van der Waals surface area contributed by atoms with Crippen LogP contribution in [-0.2, 0) is 28.3 Å². The SMILES string of the molecule is C=CCSc1ccccc1NC(=O)CCc1nc2cc(S(=O)(=O)N3CCCCC3)ccc2n1C. The zero-order valence-corrected chi connectivity index (χ0v) is 21.0. The molecule has 0 spiro atoms. The molecule has 180 valence electrons. The maximum atomic E-state index is 13.0. The number of carbonyl (C=O) groups excluding carboxylic acids is 1. The summed E-state index contributed by atoms with van der Waals surface area (Å²) < 4.78 is 29.6. The molecule has 2 heterocycles. The Labute approximate surface area is 205 Å². The first-order chi connectivity index (χ1) is 16.4. The Morgan fingerprint density at radius 2 is 1.94 bits per heavy atom. The summed E-state index contributed by atoms with van der Waals surface area (Å²) in [4.78, 5) is 18.6. The Morgan fingerprint density at radius 3 is 2.71 bits per heavy atom. The van der Waals surface area contributed by atoms with Gasteiger partial charge >= 0.3 is 0 Å². The molecule has 1 saturated heterocycles. The standard InChI is InChI=1S/C25H30N4O3S2/c1-3-17-33-23-10-6-5-9-20(23)27-25(30)14-13-24-26-21-18-19(11-12-22(21)28(24)2)34(31,32)29-15-7-4-8-16-29/h3,5-6,9-12,18H,1,4,7-8,13-17H2,2H3,(H,27,30). The van der Waals surface area contributed by atoms with Gasteiger partial charge in [0.2, 0.25) is 15.9 Å². The highest BCUT2D eigenvalue weighted by molar-refractivity contribution is 7.99. The highest BCUT2D eigenvalue weighted by Crippen LogP contribution is 2.28. The number of nitrogens with one attached hydrogen (secondary N) is 1. The van der Waals surface area contributed by atoms with Crippen molar-refractivity contribution in [1.82, 2.24) is 13.9 Å². The van der Waals surface area contributed by atoms with E-state index < -0.39 is 10.0 Å².